The van der Waals surface area contributed by atoms with Gasteiger partial charge in [0.2, 0.25) is 0 Å². The van der Waals surface area contributed by atoms with Crippen LogP contribution < -0.4 is 0 Å². The fraction of sp³-hybridized carbons (Fsp3) is 0.667. The summed E-state index contributed by atoms with van der Waals surface area (Å²) in [4.78, 5) is 4.42. The topological polar surface area (TPSA) is 38.0 Å². The van der Waals surface area contributed by atoms with Crippen molar-refractivity contribution in [2.24, 2.45) is 0 Å². The number of aromatic nitrogens is 2. The van der Waals surface area contributed by atoms with Gasteiger partial charge in [-0.2, -0.15) is 0 Å². The highest BCUT2D eigenvalue weighted by Gasteiger charge is 2.17. The zero-order valence-corrected chi connectivity index (χ0v) is 7.32. The van der Waals surface area contributed by atoms with E-state index in [0.717, 1.165) is 37.3 Å². The molecule has 0 saturated heterocycles. The average molecular weight is 166 g/mol. The molecule has 0 aromatic carbocycles. The molecule has 0 bridgehead atoms. The molecule has 1 atom stereocenters. The summed E-state index contributed by atoms with van der Waals surface area (Å²) in [7, 11) is 0. The SMILES string of the molecule is CCc1cn2c(n1)CC(O)CC2. The molecule has 2 heterocycles. The summed E-state index contributed by atoms with van der Waals surface area (Å²) < 4.78 is 2.16. The Kier molecular flexibility index (Phi) is 1.89. The van der Waals surface area contributed by atoms with E-state index < -0.39 is 0 Å². The molecule has 3 nitrogen and oxygen atoms in total. The van der Waals surface area contributed by atoms with E-state index >= 15 is 0 Å². The second-order valence-corrected chi connectivity index (χ2v) is 3.34. The van der Waals surface area contributed by atoms with Crippen molar-refractivity contribution in [1.29, 1.82) is 0 Å². The lowest BCUT2D eigenvalue weighted by Gasteiger charge is -2.18. The Balaban J connectivity index is 2.28. The highest BCUT2D eigenvalue weighted by molar-refractivity contribution is 5.06. The molecule has 12 heavy (non-hydrogen) atoms. The molecule has 1 aromatic rings. The van der Waals surface area contributed by atoms with Crippen molar-refractivity contribution in [2.75, 3.05) is 0 Å². The first-order chi connectivity index (χ1) is 5.79. The van der Waals surface area contributed by atoms with Gasteiger partial charge in [-0.3, -0.25) is 0 Å². The molecule has 1 unspecified atom stereocenters. The normalized spacial score (nSPS) is 22.3. The van der Waals surface area contributed by atoms with Crippen molar-refractivity contribution in [1.82, 2.24) is 9.55 Å². The van der Waals surface area contributed by atoms with Crippen LogP contribution in [0.3, 0.4) is 0 Å². The van der Waals surface area contributed by atoms with Crippen LogP contribution in [0.4, 0.5) is 0 Å². The van der Waals surface area contributed by atoms with Gasteiger partial charge in [0, 0.05) is 19.2 Å². The van der Waals surface area contributed by atoms with Crippen LogP contribution in [0.5, 0.6) is 0 Å². The summed E-state index contributed by atoms with van der Waals surface area (Å²) in [5, 5.41) is 9.38. The van der Waals surface area contributed by atoms with Gasteiger partial charge in [-0.05, 0) is 12.8 Å². The number of nitrogens with zero attached hydrogens (tertiary/aromatic N) is 2. The zero-order valence-electron chi connectivity index (χ0n) is 7.32. The molecular weight excluding hydrogens is 152 g/mol. The lowest BCUT2D eigenvalue weighted by atomic mass is 10.1. The second kappa shape index (κ2) is 2.90. The number of imidazole rings is 1. The van der Waals surface area contributed by atoms with Crippen molar-refractivity contribution in [3.05, 3.63) is 17.7 Å². The fourth-order valence-electron chi connectivity index (χ4n) is 1.64. The van der Waals surface area contributed by atoms with Crippen LogP contribution in [0.1, 0.15) is 24.9 Å². The predicted molar refractivity (Wildman–Crippen MR) is 45.9 cm³/mol. The number of rotatable bonds is 1. The molecule has 0 spiro atoms. The van der Waals surface area contributed by atoms with E-state index in [1.165, 1.54) is 0 Å². The molecule has 1 N–H and O–H groups in total. The van der Waals surface area contributed by atoms with Crippen LogP contribution in [0.2, 0.25) is 0 Å². The van der Waals surface area contributed by atoms with Gasteiger partial charge in [-0.25, -0.2) is 4.98 Å². The molecule has 0 aliphatic carbocycles. The Bertz CT molecular complexity index is 280. The minimum absolute atomic E-state index is 0.176. The van der Waals surface area contributed by atoms with Crippen molar-refractivity contribution < 1.29 is 5.11 Å². The number of aliphatic hydroxyl groups excluding tert-OH is 1. The maximum absolute atomic E-state index is 9.38. The zero-order chi connectivity index (χ0) is 8.55. The van der Waals surface area contributed by atoms with E-state index in [4.69, 9.17) is 0 Å². The number of hydrogen-bond donors (Lipinski definition) is 1. The van der Waals surface area contributed by atoms with E-state index in [2.05, 4.69) is 22.7 Å². The predicted octanol–water partition coefficient (Wildman–Crippen LogP) is 0.753. The maximum Gasteiger partial charge on any atom is 0.111 e. The average Bonchev–Trinajstić information content (AvgIpc) is 2.46. The van der Waals surface area contributed by atoms with Gasteiger partial charge in [-0.1, -0.05) is 6.92 Å². The third kappa shape index (κ3) is 1.25. The summed E-state index contributed by atoms with van der Waals surface area (Å²) >= 11 is 0. The Morgan fingerprint density at radius 3 is 3.33 bits per heavy atom. The highest BCUT2D eigenvalue weighted by Crippen LogP contribution is 2.15. The second-order valence-electron chi connectivity index (χ2n) is 3.34. The summed E-state index contributed by atoms with van der Waals surface area (Å²) in [6.45, 7) is 3.02. The molecule has 1 aliphatic rings. The van der Waals surface area contributed by atoms with E-state index in [1.54, 1.807) is 0 Å². The standard InChI is InChI=1S/C9H14N2O/c1-2-7-6-11-4-3-8(12)5-9(11)10-7/h6,8,12H,2-5H2,1H3. The maximum atomic E-state index is 9.38. The van der Waals surface area contributed by atoms with Crippen LogP contribution >= 0.6 is 0 Å². The first-order valence-corrected chi connectivity index (χ1v) is 4.52. The van der Waals surface area contributed by atoms with Crippen molar-refractivity contribution >= 4 is 0 Å². The summed E-state index contributed by atoms with van der Waals surface area (Å²) in [6.07, 6.45) is 4.49. The molecular formula is C9H14N2O. The van der Waals surface area contributed by atoms with Crippen LogP contribution in [-0.2, 0) is 19.4 Å². The molecule has 0 fully saturated rings. The molecule has 1 aromatic heterocycles. The van der Waals surface area contributed by atoms with Crippen LogP contribution in [-0.4, -0.2) is 20.8 Å². The lowest BCUT2D eigenvalue weighted by Crippen LogP contribution is -2.22. The molecule has 0 saturated carbocycles. The molecule has 1 aliphatic heterocycles. The van der Waals surface area contributed by atoms with Gasteiger partial charge in [0.25, 0.3) is 0 Å². The van der Waals surface area contributed by atoms with Gasteiger partial charge in [0.1, 0.15) is 5.82 Å². The molecule has 3 heteroatoms. The summed E-state index contributed by atoms with van der Waals surface area (Å²) in [5.74, 6) is 1.05. The Hall–Kier alpha value is -0.830. The van der Waals surface area contributed by atoms with E-state index in [1.807, 2.05) is 0 Å². The van der Waals surface area contributed by atoms with Gasteiger partial charge in [0.05, 0.1) is 11.8 Å². The van der Waals surface area contributed by atoms with Crippen molar-refractivity contribution in [2.45, 2.75) is 38.8 Å². The molecule has 66 valence electrons. The first-order valence-electron chi connectivity index (χ1n) is 4.52. The van der Waals surface area contributed by atoms with E-state index in [-0.39, 0.29) is 6.10 Å². The highest BCUT2D eigenvalue weighted by atomic mass is 16.3. The number of hydrogen-bond acceptors (Lipinski definition) is 2. The van der Waals surface area contributed by atoms with Gasteiger partial charge < -0.3 is 9.67 Å². The minimum atomic E-state index is -0.176. The molecule has 0 amide bonds. The quantitative estimate of drug-likeness (QED) is 0.668. The third-order valence-corrected chi connectivity index (χ3v) is 2.39. The van der Waals surface area contributed by atoms with Crippen molar-refractivity contribution in [3.63, 3.8) is 0 Å². The van der Waals surface area contributed by atoms with Crippen LogP contribution in [0.15, 0.2) is 6.20 Å². The largest absolute Gasteiger partial charge is 0.393 e. The Morgan fingerprint density at radius 1 is 1.75 bits per heavy atom. The number of aryl methyl sites for hydroxylation is 2. The summed E-state index contributed by atoms with van der Waals surface area (Å²) in [5.41, 5.74) is 1.14. The number of fused-ring (bicyclic) bond motifs is 1. The molecule has 2 rings (SSSR count). The smallest absolute Gasteiger partial charge is 0.111 e. The number of aliphatic hydroxyl groups is 1. The van der Waals surface area contributed by atoms with E-state index in [9.17, 15) is 5.11 Å². The van der Waals surface area contributed by atoms with Gasteiger partial charge >= 0.3 is 0 Å². The Morgan fingerprint density at radius 2 is 2.58 bits per heavy atom. The lowest BCUT2D eigenvalue weighted by molar-refractivity contribution is 0.141. The first kappa shape index (κ1) is 7.80. The third-order valence-electron chi connectivity index (χ3n) is 2.39. The van der Waals surface area contributed by atoms with Crippen LogP contribution in [0, 0.1) is 0 Å². The molecule has 0 radical (unpaired) electrons. The summed E-state index contributed by atoms with van der Waals surface area (Å²) in [6, 6.07) is 0. The van der Waals surface area contributed by atoms with E-state index in [0.29, 0.717) is 0 Å². The van der Waals surface area contributed by atoms with Crippen LogP contribution in [0.25, 0.3) is 0 Å². The van der Waals surface area contributed by atoms with Crippen molar-refractivity contribution in [3.8, 4) is 0 Å². The van der Waals surface area contributed by atoms with Gasteiger partial charge in [0.15, 0.2) is 0 Å². The monoisotopic (exact) mass is 166 g/mol. The minimum Gasteiger partial charge on any atom is -0.393 e. The fourth-order valence-corrected chi connectivity index (χ4v) is 1.64. The Labute approximate surface area is 72.0 Å². The van der Waals surface area contributed by atoms with Gasteiger partial charge in [-0.15, -0.1) is 0 Å².